The number of nitrogen functional groups attached to an aromatic ring is 1. The average molecular weight is 406 g/mol. The second kappa shape index (κ2) is 7.97. The van der Waals surface area contributed by atoms with Gasteiger partial charge in [0.25, 0.3) is 11.3 Å². The summed E-state index contributed by atoms with van der Waals surface area (Å²) in [5.74, 6) is 0. The first-order valence-corrected chi connectivity index (χ1v) is 10.4. The molecule has 0 spiro atoms. The summed E-state index contributed by atoms with van der Waals surface area (Å²) in [5, 5.41) is 1.68. The lowest BCUT2D eigenvalue weighted by molar-refractivity contribution is 0.0208. The fourth-order valence-electron chi connectivity index (χ4n) is 3.52. The van der Waals surface area contributed by atoms with Crippen molar-refractivity contribution in [3.8, 4) is 0 Å². The summed E-state index contributed by atoms with van der Waals surface area (Å²) >= 11 is -2.19. The van der Waals surface area contributed by atoms with E-state index in [0.29, 0.717) is 37.3 Å². The Morgan fingerprint density at radius 3 is 2.36 bits per heavy atom. The van der Waals surface area contributed by atoms with Crippen LogP contribution in [0.3, 0.4) is 0 Å². The fourth-order valence-corrected chi connectivity index (χ4v) is 4.31. The summed E-state index contributed by atoms with van der Waals surface area (Å²) in [5.41, 5.74) is 6.82. The number of nitrogens with zero attached hydrogens (tertiary/aromatic N) is 2. The van der Waals surface area contributed by atoms with Crippen molar-refractivity contribution < 1.29 is 18.3 Å². The Morgan fingerprint density at radius 2 is 1.79 bits per heavy atom. The van der Waals surface area contributed by atoms with Crippen molar-refractivity contribution in [3.63, 3.8) is 0 Å². The summed E-state index contributed by atoms with van der Waals surface area (Å²) in [6.45, 7) is 6.45. The van der Waals surface area contributed by atoms with Gasteiger partial charge in [0.15, 0.2) is 0 Å². The van der Waals surface area contributed by atoms with Crippen LogP contribution in [0.1, 0.15) is 33.6 Å². The lowest BCUT2D eigenvalue weighted by atomic mass is 10.0. The number of ether oxygens (including phenoxy) is 1. The normalized spacial score (nSPS) is 16.8. The van der Waals surface area contributed by atoms with Crippen LogP contribution < -0.4 is 10.0 Å². The Bertz CT molecular complexity index is 889. The topological polar surface area (TPSA) is 96.1 Å². The molecule has 152 valence electrons. The van der Waals surface area contributed by atoms with Crippen LogP contribution in [0.2, 0.25) is 0 Å². The van der Waals surface area contributed by atoms with E-state index in [-0.39, 0.29) is 12.1 Å². The van der Waals surface area contributed by atoms with E-state index >= 15 is 0 Å². The Balaban J connectivity index is 1.82. The SMILES string of the molecule is CC(C)(C)OC(=O)N1CCC(N(c2ccc(N)c3ccccc23)S(=O)O)CC1. The Kier molecular flexibility index (Phi) is 5.81. The molecule has 1 aliphatic rings. The van der Waals surface area contributed by atoms with Crippen LogP contribution in [0.25, 0.3) is 10.8 Å². The Morgan fingerprint density at radius 1 is 1.18 bits per heavy atom. The van der Waals surface area contributed by atoms with Gasteiger partial charge in [-0.2, -0.15) is 0 Å². The zero-order chi connectivity index (χ0) is 20.5. The summed E-state index contributed by atoms with van der Waals surface area (Å²) in [6, 6.07) is 10.9. The molecule has 2 aromatic carbocycles. The first kappa shape index (κ1) is 20.4. The van der Waals surface area contributed by atoms with Gasteiger partial charge in [-0.05, 0) is 45.7 Å². The van der Waals surface area contributed by atoms with Gasteiger partial charge in [0, 0.05) is 35.6 Å². The van der Waals surface area contributed by atoms with Crippen LogP contribution in [0.15, 0.2) is 36.4 Å². The van der Waals surface area contributed by atoms with E-state index in [0.717, 1.165) is 10.8 Å². The molecule has 1 heterocycles. The number of amides is 1. The van der Waals surface area contributed by atoms with Crippen LogP contribution in [0.4, 0.5) is 16.2 Å². The van der Waals surface area contributed by atoms with Crippen molar-refractivity contribution >= 4 is 39.5 Å². The van der Waals surface area contributed by atoms with Gasteiger partial charge in [-0.25, -0.2) is 9.00 Å². The Labute approximate surface area is 167 Å². The van der Waals surface area contributed by atoms with Gasteiger partial charge in [0.05, 0.1) is 5.69 Å². The molecule has 0 bridgehead atoms. The molecule has 1 aliphatic heterocycles. The molecule has 1 saturated heterocycles. The minimum Gasteiger partial charge on any atom is -0.444 e. The van der Waals surface area contributed by atoms with Crippen LogP contribution in [0, 0.1) is 0 Å². The third-order valence-corrected chi connectivity index (χ3v) is 5.62. The maximum atomic E-state index is 12.3. The first-order valence-electron chi connectivity index (χ1n) is 9.33. The molecule has 28 heavy (non-hydrogen) atoms. The lowest BCUT2D eigenvalue weighted by Crippen LogP contribution is -2.48. The van der Waals surface area contributed by atoms with Crippen molar-refractivity contribution in [3.05, 3.63) is 36.4 Å². The number of fused-ring (bicyclic) bond motifs is 1. The number of likely N-dealkylation sites (tertiary alicyclic amines) is 1. The maximum absolute atomic E-state index is 12.3. The monoisotopic (exact) mass is 405 g/mol. The molecule has 0 saturated carbocycles. The summed E-state index contributed by atoms with van der Waals surface area (Å²) in [7, 11) is 0. The van der Waals surface area contributed by atoms with E-state index in [2.05, 4.69) is 0 Å². The first-order chi connectivity index (χ1) is 13.2. The number of hydrogen-bond acceptors (Lipinski definition) is 4. The van der Waals surface area contributed by atoms with Gasteiger partial charge in [0.1, 0.15) is 5.60 Å². The number of rotatable bonds is 3. The molecule has 7 nitrogen and oxygen atoms in total. The fraction of sp³-hybridized carbons (Fsp3) is 0.450. The minimum absolute atomic E-state index is 0.170. The maximum Gasteiger partial charge on any atom is 0.410 e. The molecule has 1 atom stereocenters. The predicted octanol–water partition coefficient (Wildman–Crippen LogP) is 3.76. The number of nitrogens with two attached hydrogens (primary N) is 1. The standard InChI is InChI=1S/C20H27N3O4S/c1-20(2,3)27-19(24)22-12-10-14(11-13-22)23(28(25)26)18-9-8-17(21)15-6-4-5-7-16(15)18/h4-9,14H,10-13,21H2,1-3H3,(H,25,26). The molecule has 2 aromatic rings. The highest BCUT2D eigenvalue weighted by atomic mass is 32.2. The number of carbonyl (C=O) groups is 1. The number of hydrogen-bond donors (Lipinski definition) is 2. The highest BCUT2D eigenvalue weighted by Crippen LogP contribution is 2.34. The van der Waals surface area contributed by atoms with E-state index < -0.39 is 16.9 Å². The van der Waals surface area contributed by atoms with Crippen molar-refractivity contribution in [1.29, 1.82) is 0 Å². The molecular weight excluding hydrogens is 378 g/mol. The van der Waals surface area contributed by atoms with E-state index in [4.69, 9.17) is 10.5 Å². The second-order valence-electron chi connectivity index (χ2n) is 7.97. The third-order valence-electron chi connectivity index (χ3n) is 4.79. The highest BCUT2D eigenvalue weighted by molar-refractivity contribution is 7.80. The van der Waals surface area contributed by atoms with Gasteiger partial charge in [-0.15, -0.1) is 0 Å². The van der Waals surface area contributed by atoms with Crippen molar-refractivity contribution in [2.75, 3.05) is 23.1 Å². The van der Waals surface area contributed by atoms with Gasteiger partial charge < -0.3 is 15.4 Å². The van der Waals surface area contributed by atoms with Crippen LogP contribution >= 0.6 is 0 Å². The van der Waals surface area contributed by atoms with Gasteiger partial charge in [-0.3, -0.25) is 8.86 Å². The molecule has 1 amide bonds. The molecule has 1 fully saturated rings. The summed E-state index contributed by atoms with van der Waals surface area (Å²) in [6.07, 6.45) is 0.801. The van der Waals surface area contributed by atoms with Gasteiger partial charge >= 0.3 is 6.09 Å². The predicted molar refractivity (Wildman–Crippen MR) is 112 cm³/mol. The van der Waals surface area contributed by atoms with Gasteiger partial charge in [0.2, 0.25) is 0 Å². The molecule has 0 radical (unpaired) electrons. The third kappa shape index (κ3) is 4.39. The van der Waals surface area contributed by atoms with Gasteiger partial charge in [-0.1, -0.05) is 24.3 Å². The highest BCUT2D eigenvalue weighted by Gasteiger charge is 2.32. The van der Waals surface area contributed by atoms with Crippen molar-refractivity contribution in [2.45, 2.75) is 45.3 Å². The van der Waals surface area contributed by atoms with E-state index in [1.54, 1.807) is 17.0 Å². The minimum atomic E-state index is -2.19. The smallest absolute Gasteiger partial charge is 0.410 e. The second-order valence-corrected chi connectivity index (χ2v) is 8.83. The lowest BCUT2D eigenvalue weighted by Gasteiger charge is -2.38. The quantitative estimate of drug-likeness (QED) is 0.599. The molecule has 0 aromatic heterocycles. The molecular formula is C20H27N3O4S. The number of anilines is 2. The average Bonchev–Trinajstić information content (AvgIpc) is 2.63. The largest absolute Gasteiger partial charge is 0.444 e. The zero-order valence-corrected chi connectivity index (χ0v) is 17.2. The molecule has 3 N–H and O–H groups in total. The van der Waals surface area contributed by atoms with Crippen LogP contribution in [-0.4, -0.2) is 44.5 Å². The Hall–Kier alpha value is -2.32. The van der Waals surface area contributed by atoms with Crippen LogP contribution in [0.5, 0.6) is 0 Å². The molecule has 8 heteroatoms. The summed E-state index contributed by atoms with van der Waals surface area (Å²) < 4.78 is 29.2. The van der Waals surface area contributed by atoms with E-state index in [9.17, 15) is 13.6 Å². The molecule has 3 rings (SSSR count). The van der Waals surface area contributed by atoms with Crippen molar-refractivity contribution in [1.82, 2.24) is 4.90 Å². The molecule has 0 aliphatic carbocycles. The number of piperidine rings is 1. The summed E-state index contributed by atoms with van der Waals surface area (Å²) in [4.78, 5) is 13.9. The number of benzene rings is 2. The molecule has 1 unspecified atom stereocenters. The van der Waals surface area contributed by atoms with E-state index in [1.807, 2.05) is 45.0 Å². The number of carbonyl (C=O) groups excluding carboxylic acids is 1. The van der Waals surface area contributed by atoms with E-state index in [1.165, 1.54) is 4.31 Å². The van der Waals surface area contributed by atoms with Crippen LogP contribution in [-0.2, 0) is 16.0 Å². The van der Waals surface area contributed by atoms with Crippen molar-refractivity contribution in [2.24, 2.45) is 0 Å². The zero-order valence-electron chi connectivity index (χ0n) is 16.4.